The van der Waals surface area contributed by atoms with E-state index in [1.165, 1.54) is 49.0 Å². The lowest BCUT2D eigenvalue weighted by Gasteiger charge is -2.53. The summed E-state index contributed by atoms with van der Waals surface area (Å²) in [6, 6.07) is 7.42. The minimum atomic E-state index is 0.356. The van der Waals surface area contributed by atoms with Crippen molar-refractivity contribution in [1.82, 2.24) is 0 Å². The first-order valence-electron chi connectivity index (χ1n) is 7.76. The van der Waals surface area contributed by atoms with Gasteiger partial charge in [-0.3, -0.25) is 0 Å². The number of nitrogens with one attached hydrogen (secondary N) is 1. The molecule has 1 aromatic carbocycles. The van der Waals surface area contributed by atoms with Crippen molar-refractivity contribution in [3.63, 3.8) is 0 Å². The second kappa shape index (κ2) is 4.73. The Balaban J connectivity index is 2.04. The molecular weight excluding hydrogens is 232 g/mol. The molecule has 1 aromatic rings. The van der Waals surface area contributed by atoms with Crippen LogP contribution in [0.5, 0.6) is 0 Å². The molecule has 1 N–H and O–H groups in total. The lowest BCUT2D eigenvalue weighted by atomic mass is 9.77. The Kier molecular flexibility index (Phi) is 3.20. The quantitative estimate of drug-likeness (QED) is 0.806. The highest BCUT2D eigenvalue weighted by molar-refractivity contribution is 5.75. The summed E-state index contributed by atoms with van der Waals surface area (Å²) in [6.07, 6.45) is 6.85. The number of benzene rings is 1. The molecule has 2 aliphatic rings. The van der Waals surface area contributed by atoms with Gasteiger partial charge >= 0.3 is 0 Å². The molecule has 0 aromatic heterocycles. The molecule has 0 saturated heterocycles. The van der Waals surface area contributed by atoms with Crippen LogP contribution in [0.2, 0.25) is 0 Å². The maximum absolute atomic E-state index is 3.71. The zero-order chi connectivity index (χ0) is 13.5. The first-order valence-corrected chi connectivity index (χ1v) is 7.76. The fraction of sp³-hybridized carbons (Fsp3) is 0.647. The molecule has 0 amide bonds. The molecule has 19 heavy (non-hydrogen) atoms. The van der Waals surface area contributed by atoms with Gasteiger partial charge in [-0.25, -0.2) is 0 Å². The summed E-state index contributed by atoms with van der Waals surface area (Å²) < 4.78 is 0. The Morgan fingerprint density at radius 3 is 2.58 bits per heavy atom. The van der Waals surface area contributed by atoms with Gasteiger partial charge in [-0.1, -0.05) is 25.3 Å². The maximum Gasteiger partial charge on any atom is 0.0609 e. The first-order chi connectivity index (χ1) is 9.12. The smallest absolute Gasteiger partial charge is 0.0609 e. The lowest BCUT2D eigenvalue weighted by molar-refractivity contribution is 0.270. The molecule has 1 spiro atoms. The molecule has 1 fully saturated rings. The SMILES string of the molecule is Cc1ccc2c(c1)NCC1(CCCCC1)N2C(C)C. The number of aryl methyl sites for hydroxylation is 1. The zero-order valence-corrected chi connectivity index (χ0v) is 12.5. The molecule has 0 unspecified atom stereocenters. The number of anilines is 2. The van der Waals surface area contributed by atoms with Gasteiger partial charge in [-0.05, 0) is 51.3 Å². The molecule has 2 nitrogen and oxygen atoms in total. The van der Waals surface area contributed by atoms with Crippen LogP contribution >= 0.6 is 0 Å². The fourth-order valence-corrected chi connectivity index (χ4v) is 4.06. The summed E-state index contributed by atoms with van der Waals surface area (Å²) in [5, 5.41) is 3.71. The van der Waals surface area contributed by atoms with Gasteiger partial charge in [-0.2, -0.15) is 0 Å². The van der Waals surface area contributed by atoms with Crippen LogP contribution in [0.15, 0.2) is 18.2 Å². The van der Waals surface area contributed by atoms with Crippen LogP contribution in [0, 0.1) is 6.92 Å². The van der Waals surface area contributed by atoms with Gasteiger partial charge in [0.25, 0.3) is 0 Å². The molecule has 0 atom stereocenters. The highest BCUT2D eigenvalue weighted by Gasteiger charge is 2.42. The summed E-state index contributed by atoms with van der Waals surface area (Å²) in [6.45, 7) is 7.96. The second-order valence-electron chi connectivity index (χ2n) is 6.62. The van der Waals surface area contributed by atoms with Gasteiger partial charge in [0.05, 0.1) is 16.9 Å². The zero-order valence-electron chi connectivity index (χ0n) is 12.5. The van der Waals surface area contributed by atoms with Crippen LogP contribution in [0.3, 0.4) is 0 Å². The molecule has 1 heterocycles. The number of fused-ring (bicyclic) bond motifs is 1. The molecule has 2 heteroatoms. The molecule has 1 saturated carbocycles. The van der Waals surface area contributed by atoms with Crippen LogP contribution in [-0.4, -0.2) is 18.1 Å². The van der Waals surface area contributed by atoms with Crippen LogP contribution in [-0.2, 0) is 0 Å². The van der Waals surface area contributed by atoms with Crippen molar-refractivity contribution in [2.75, 3.05) is 16.8 Å². The molecule has 0 radical (unpaired) electrons. The first kappa shape index (κ1) is 12.8. The van der Waals surface area contributed by atoms with E-state index in [-0.39, 0.29) is 0 Å². The molecule has 104 valence electrons. The Labute approximate surface area is 117 Å². The highest BCUT2D eigenvalue weighted by Crippen LogP contribution is 2.44. The third kappa shape index (κ3) is 2.11. The minimum Gasteiger partial charge on any atom is -0.381 e. The summed E-state index contributed by atoms with van der Waals surface area (Å²) in [7, 11) is 0. The van der Waals surface area contributed by atoms with E-state index in [0.29, 0.717) is 11.6 Å². The average Bonchev–Trinajstić information content (AvgIpc) is 2.39. The molecular formula is C17H26N2. The van der Waals surface area contributed by atoms with E-state index in [1.54, 1.807) is 0 Å². The van der Waals surface area contributed by atoms with Gasteiger partial charge in [0.15, 0.2) is 0 Å². The van der Waals surface area contributed by atoms with E-state index in [4.69, 9.17) is 0 Å². The van der Waals surface area contributed by atoms with Crippen LogP contribution in [0.4, 0.5) is 11.4 Å². The third-order valence-corrected chi connectivity index (χ3v) is 4.83. The molecule has 1 aliphatic carbocycles. The normalized spacial score (nSPS) is 21.4. The van der Waals surface area contributed by atoms with Gasteiger partial charge in [-0.15, -0.1) is 0 Å². The van der Waals surface area contributed by atoms with Crippen LogP contribution in [0.25, 0.3) is 0 Å². The fourth-order valence-electron chi connectivity index (χ4n) is 4.06. The van der Waals surface area contributed by atoms with Gasteiger partial charge in [0, 0.05) is 12.6 Å². The summed E-state index contributed by atoms with van der Waals surface area (Å²) in [5.74, 6) is 0. The number of hydrogen-bond acceptors (Lipinski definition) is 2. The lowest BCUT2D eigenvalue weighted by Crippen LogP contribution is -2.59. The predicted molar refractivity (Wildman–Crippen MR) is 83.1 cm³/mol. The van der Waals surface area contributed by atoms with Gasteiger partial charge in [0.2, 0.25) is 0 Å². The van der Waals surface area contributed by atoms with Crippen molar-refractivity contribution in [2.24, 2.45) is 0 Å². The largest absolute Gasteiger partial charge is 0.381 e. The summed E-state index contributed by atoms with van der Waals surface area (Å²) in [4.78, 5) is 2.71. The maximum atomic E-state index is 3.71. The topological polar surface area (TPSA) is 15.3 Å². The summed E-state index contributed by atoms with van der Waals surface area (Å²) >= 11 is 0. The predicted octanol–water partition coefficient (Wildman–Crippen LogP) is 4.34. The van der Waals surface area contributed by atoms with Gasteiger partial charge < -0.3 is 10.2 Å². The second-order valence-corrected chi connectivity index (χ2v) is 6.62. The van der Waals surface area contributed by atoms with E-state index in [0.717, 1.165) is 6.54 Å². The monoisotopic (exact) mass is 258 g/mol. The van der Waals surface area contributed by atoms with E-state index in [2.05, 4.69) is 49.2 Å². The number of nitrogens with zero attached hydrogens (tertiary/aromatic N) is 1. The number of hydrogen-bond donors (Lipinski definition) is 1. The van der Waals surface area contributed by atoms with Crippen molar-refractivity contribution in [3.8, 4) is 0 Å². The minimum absolute atomic E-state index is 0.356. The molecule has 0 bridgehead atoms. The Hall–Kier alpha value is -1.18. The van der Waals surface area contributed by atoms with Crippen molar-refractivity contribution in [3.05, 3.63) is 23.8 Å². The average molecular weight is 258 g/mol. The van der Waals surface area contributed by atoms with Crippen molar-refractivity contribution in [1.29, 1.82) is 0 Å². The highest BCUT2D eigenvalue weighted by atomic mass is 15.3. The van der Waals surface area contributed by atoms with Crippen LogP contribution < -0.4 is 10.2 Å². The van der Waals surface area contributed by atoms with Crippen molar-refractivity contribution in [2.45, 2.75) is 64.5 Å². The summed E-state index contributed by atoms with van der Waals surface area (Å²) in [5.41, 5.74) is 4.43. The van der Waals surface area contributed by atoms with Crippen molar-refractivity contribution < 1.29 is 0 Å². The Bertz CT molecular complexity index is 458. The van der Waals surface area contributed by atoms with E-state index >= 15 is 0 Å². The third-order valence-electron chi connectivity index (χ3n) is 4.83. The molecule has 1 aliphatic heterocycles. The van der Waals surface area contributed by atoms with E-state index < -0.39 is 0 Å². The van der Waals surface area contributed by atoms with Crippen molar-refractivity contribution >= 4 is 11.4 Å². The molecule has 3 rings (SSSR count). The Morgan fingerprint density at radius 1 is 1.16 bits per heavy atom. The Morgan fingerprint density at radius 2 is 1.89 bits per heavy atom. The van der Waals surface area contributed by atoms with Gasteiger partial charge in [0.1, 0.15) is 0 Å². The standard InChI is InChI=1S/C17H26N2/c1-13(2)19-16-8-7-14(3)11-15(16)18-12-17(19)9-5-4-6-10-17/h7-8,11,13,18H,4-6,9-10,12H2,1-3H3. The van der Waals surface area contributed by atoms with Crippen LogP contribution in [0.1, 0.15) is 51.5 Å². The van der Waals surface area contributed by atoms with E-state index in [1.807, 2.05) is 0 Å². The number of rotatable bonds is 1. The van der Waals surface area contributed by atoms with E-state index in [9.17, 15) is 0 Å².